The van der Waals surface area contributed by atoms with E-state index in [0.717, 1.165) is 12.8 Å². The maximum atomic E-state index is 11.8. The summed E-state index contributed by atoms with van der Waals surface area (Å²) in [5.74, 6) is 0. The van der Waals surface area contributed by atoms with Crippen LogP contribution in [0.1, 0.15) is 33.6 Å². The van der Waals surface area contributed by atoms with Crippen LogP contribution in [0.5, 0.6) is 0 Å². The van der Waals surface area contributed by atoms with Crippen LogP contribution in [0.25, 0.3) is 0 Å². The highest BCUT2D eigenvalue weighted by Crippen LogP contribution is 2.09. The maximum Gasteiger partial charge on any atom is 0.216 e. The standard InChI is InChI=1S/C9H22N2O2S/c1-4-5-7-11(8-6-10)14(12,13)9(2)3/h9H,4-8,10H2,1-3H3. The Morgan fingerprint density at radius 1 is 1.29 bits per heavy atom. The fourth-order valence-electron chi connectivity index (χ4n) is 1.14. The Kier molecular flexibility index (Phi) is 6.31. The highest BCUT2D eigenvalue weighted by molar-refractivity contribution is 7.89. The van der Waals surface area contributed by atoms with Gasteiger partial charge in [0.15, 0.2) is 0 Å². The third kappa shape index (κ3) is 3.94. The fourth-order valence-corrected chi connectivity index (χ4v) is 2.48. The zero-order valence-corrected chi connectivity index (χ0v) is 10.2. The van der Waals surface area contributed by atoms with Gasteiger partial charge < -0.3 is 5.73 Å². The second kappa shape index (κ2) is 6.37. The Balaban J connectivity index is 4.47. The molecule has 0 aromatic rings. The van der Waals surface area contributed by atoms with E-state index in [9.17, 15) is 8.42 Å². The van der Waals surface area contributed by atoms with Gasteiger partial charge in [-0.15, -0.1) is 0 Å². The summed E-state index contributed by atoms with van der Waals surface area (Å²) in [6.45, 7) is 6.85. The number of hydrogen-bond donors (Lipinski definition) is 1. The first-order valence-corrected chi connectivity index (χ1v) is 6.66. The van der Waals surface area contributed by atoms with Gasteiger partial charge in [0.05, 0.1) is 5.25 Å². The Hall–Kier alpha value is -0.130. The second-order valence-corrected chi connectivity index (χ2v) is 6.12. The molecule has 0 bridgehead atoms. The van der Waals surface area contributed by atoms with Crippen molar-refractivity contribution in [1.82, 2.24) is 4.31 Å². The van der Waals surface area contributed by atoms with Gasteiger partial charge in [-0.25, -0.2) is 12.7 Å². The van der Waals surface area contributed by atoms with Crippen molar-refractivity contribution >= 4 is 10.0 Å². The molecule has 0 spiro atoms. The highest BCUT2D eigenvalue weighted by atomic mass is 32.2. The lowest BCUT2D eigenvalue weighted by Crippen LogP contribution is -2.40. The molecule has 5 heteroatoms. The van der Waals surface area contributed by atoms with Crippen molar-refractivity contribution in [2.24, 2.45) is 5.73 Å². The van der Waals surface area contributed by atoms with Crippen LogP contribution in [-0.4, -0.2) is 37.6 Å². The van der Waals surface area contributed by atoms with Gasteiger partial charge in [-0.05, 0) is 20.3 Å². The van der Waals surface area contributed by atoms with Crippen LogP contribution >= 0.6 is 0 Å². The SMILES string of the molecule is CCCCN(CCN)S(=O)(=O)C(C)C. The molecular weight excluding hydrogens is 200 g/mol. The summed E-state index contributed by atoms with van der Waals surface area (Å²) >= 11 is 0. The lowest BCUT2D eigenvalue weighted by atomic mass is 10.3. The van der Waals surface area contributed by atoms with Gasteiger partial charge in [0, 0.05) is 19.6 Å². The van der Waals surface area contributed by atoms with Crippen molar-refractivity contribution in [1.29, 1.82) is 0 Å². The number of nitrogens with two attached hydrogens (primary N) is 1. The van der Waals surface area contributed by atoms with Crippen LogP contribution < -0.4 is 5.73 Å². The topological polar surface area (TPSA) is 63.4 Å². The van der Waals surface area contributed by atoms with Crippen LogP contribution in [0, 0.1) is 0 Å². The zero-order chi connectivity index (χ0) is 11.2. The number of hydrogen-bond acceptors (Lipinski definition) is 3. The number of rotatable bonds is 7. The minimum absolute atomic E-state index is 0.356. The van der Waals surface area contributed by atoms with Crippen molar-refractivity contribution in [3.63, 3.8) is 0 Å². The van der Waals surface area contributed by atoms with Crippen LogP contribution in [0.2, 0.25) is 0 Å². The Morgan fingerprint density at radius 3 is 2.21 bits per heavy atom. The quantitative estimate of drug-likeness (QED) is 0.692. The molecule has 0 fully saturated rings. The molecule has 0 heterocycles. The molecule has 86 valence electrons. The molecule has 0 radical (unpaired) electrons. The molecule has 0 unspecified atom stereocenters. The molecule has 0 amide bonds. The molecule has 0 saturated heterocycles. The lowest BCUT2D eigenvalue weighted by molar-refractivity contribution is 0.405. The van der Waals surface area contributed by atoms with E-state index in [2.05, 4.69) is 0 Å². The predicted molar refractivity (Wildman–Crippen MR) is 59.6 cm³/mol. The minimum Gasteiger partial charge on any atom is -0.329 e. The first kappa shape index (κ1) is 13.9. The molecule has 0 aliphatic carbocycles. The first-order chi connectivity index (χ1) is 6.46. The van der Waals surface area contributed by atoms with E-state index in [1.54, 1.807) is 13.8 Å². The smallest absolute Gasteiger partial charge is 0.216 e. The van der Waals surface area contributed by atoms with Gasteiger partial charge in [0.1, 0.15) is 0 Å². The van der Waals surface area contributed by atoms with E-state index in [0.29, 0.717) is 19.6 Å². The van der Waals surface area contributed by atoms with Gasteiger partial charge >= 0.3 is 0 Å². The molecule has 14 heavy (non-hydrogen) atoms. The Labute approximate surface area is 87.5 Å². The summed E-state index contributed by atoms with van der Waals surface area (Å²) in [7, 11) is -3.12. The van der Waals surface area contributed by atoms with Crippen LogP contribution in [0.3, 0.4) is 0 Å². The Bertz CT molecular complexity index is 237. The molecule has 0 aromatic heterocycles. The van der Waals surface area contributed by atoms with Crippen LogP contribution in [0.4, 0.5) is 0 Å². The molecule has 0 aliphatic heterocycles. The second-order valence-electron chi connectivity index (χ2n) is 3.63. The molecule has 0 aliphatic rings. The van der Waals surface area contributed by atoms with Crippen molar-refractivity contribution in [3.05, 3.63) is 0 Å². The van der Waals surface area contributed by atoms with Gasteiger partial charge in [-0.1, -0.05) is 13.3 Å². The summed E-state index contributed by atoms with van der Waals surface area (Å²) in [5, 5.41) is -0.356. The summed E-state index contributed by atoms with van der Waals surface area (Å²) in [6, 6.07) is 0. The van der Waals surface area contributed by atoms with Crippen molar-refractivity contribution in [2.45, 2.75) is 38.9 Å². The average Bonchev–Trinajstić information content (AvgIpc) is 2.11. The van der Waals surface area contributed by atoms with E-state index < -0.39 is 10.0 Å². The number of unbranched alkanes of at least 4 members (excludes halogenated alkanes) is 1. The highest BCUT2D eigenvalue weighted by Gasteiger charge is 2.24. The van der Waals surface area contributed by atoms with E-state index >= 15 is 0 Å². The maximum absolute atomic E-state index is 11.8. The van der Waals surface area contributed by atoms with Gasteiger partial charge in [-0.3, -0.25) is 0 Å². The minimum atomic E-state index is -3.12. The van der Waals surface area contributed by atoms with Crippen LogP contribution in [0.15, 0.2) is 0 Å². The molecule has 0 atom stereocenters. The Morgan fingerprint density at radius 2 is 1.86 bits per heavy atom. The molecule has 4 nitrogen and oxygen atoms in total. The molecular formula is C9H22N2O2S. The number of nitrogens with zero attached hydrogens (tertiary/aromatic N) is 1. The van der Waals surface area contributed by atoms with Gasteiger partial charge in [0.25, 0.3) is 0 Å². The lowest BCUT2D eigenvalue weighted by Gasteiger charge is -2.23. The summed E-state index contributed by atoms with van der Waals surface area (Å²) in [4.78, 5) is 0. The molecule has 2 N–H and O–H groups in total. The third-order valence-corrected chi connectivity index (χ3v) is 4.37. The first-order valence-electron chi connectivity index (χ1n) is 5.15. The molecule has 0 rings (SSSR count). The van der Waals surface area contributed by atoms with Crippen molar-refractivity contribution < 1.29 is 8.42 Å². The normalized spacial score (nSPS) is 12.7. The zero-order valence-electron chi connectivity index (χ0n) is 9.36. The fraction of sp³-hybridized carbons (Fsp3) is 1.00. The summed E-state index contributed by atoms with van der Waals surface area (Å²) < 4.78 is 25.1. The van der Waals surface area contributed by atoms with Crippen LogP contribution in [-0.2, 0) is 10.0 Å². The number of sulfonamides is 1. The van der Waals surface area contributed by atoms with Gasteiger partial charge in [-0.2, -0.15) is 0 Å². The van der Waals surface area contributed by atoms with E-state index in [1.165, 1.54) is 4.31 Å². The van der Waals surface area contributed by atoms with E-state index in [1.807, 2.05) is 6.92 Å². The average molecular weight is 222 g/mol. The third-order valence-electron chi connectivity index (χ3n) is 2.10. The predicted octanol–water partition coefficient (Wildman–Crippen LogP) is 0.785. The van der Waals surface area contributed by atoms with Crippen molar-refractivity contribution in [2.75, 3.05) is 19.6 Å². The molecule has 0 saturated carbocycles. The monoisotopic (exact) mass is 222 g/mol. The molecule has 0 aromatic carbocycles. The van der Waals surface area contributed by atoms with Crippen molar-refractivity contribution in [3.8, 4) is 0 Å². The van der Waals surface area contributed by atoms with Gasteiger partial charge in [0.2, 0.25) is 10.0 Å². The van der Waals surface area contributed by atoms with E-state index in [-0.39, 0.29) is 5.25 Å². The summed E-state index contributed by atoms with van der Waals surface area (Å²) in [6.07, 6.45) is 1.89. The largest absolute Gasteiger partial charge is 0.329 e. The van der Waals surface area contributed by atoms with E-state index in [4.69, 9.17) is 5.73 Å². The summed E-state index contributed by atoms with van der Waals surface area (Å²) in [5.41, 5.74) is 5.39.